The van der Waals surface area contributed by atoms with Crippen LogP contribution in [0.15, 0.2) is 61.2 Å². The summed E-state index contributed by atoms with van der Waals surface area (Å²) in [5.41, 5.74) is 4.57. The maximum absolute atomic E-state index is 5.48. The lowest BCUT2D eigenvalue weighted by Gasteiger charge is -1.96. The van der Waals surface area contributed by atoms with Crippen LogP contribution in [-0.4, -0.2) is 9.97 Å². The van der Waals surface area contributed by atoms with E-state index < -0.39 is 0 Å². The van der Waals surface area contributed by atoms with E-state index in [1.165, 1.54) is 0 Å². The van der Waals surface area contributed by atoms with Crippen LogP contribution in [0.2, 0.25) is 0 Å². The Morgan fingerprint density at radius 2 is 1.12 bits per heavy atom. The van der Waals surface area contributed by atoms with Crippen molar-refractivity contribution in [2.75, 3.05) is 0 Å². The van der Waals surface area contributed by atoms with E-state index in [0.717, 1.165) is 33.4 Å². The fraction of sp³-hybridized carbons (Fsp3) is 0. The number of pyridine rings is 2. The van der Waals surface area contributed by atoms with E-state index in [0.29, 0.717) is 0 Å². The molecule has 2 heterocycles. The molecule has 26 heavy (non-hydrogen) atoms. The molecule has 2 nitrogen and oxygen atoms in total. The molecule has 2 heteroatoms. The highest BCUT2D eigenvalue weighted by Gasteiger charge is 1.97. The Bertz CT molecular complexity index is 1080. The second-order valence-corrected chi connectivity index (χ2v) is 5.21. The minimum absolute atomic E-state index is 0.723. The molecule has 0 aliphatic heterocycles. The summed E-state index contributed by atoms with van der Waals surface area (Å²) in [5.74, 6) is 17.5. The Balaban J connectivity index is 1.90. The Labute approximate surface area is 153 Å². The van der Waals surface area contributed by atoms with Crippen molar-refractivity contribution in [1.82, 2.24) is 9.97 Å². The van der Waals surface area contributed by atoms with Gasteiger partial charge in [0.25, 0.3) is 0 Å². The maximum atomic E-state index is 5.48. The minimum Gasteiger partial charge on any atom is -0.263 e. The van der Waals surface area contributed by atoms with Gasteiger partial charge in [0, 0.05) is 47.0 Å². The molecule has 1 aromatic carbocycles. The molecule has 0 aliphatic rings. The van der Waals surface area contributed by atoms with Crippen molar-refractivity contribution in [3.05, 3.63) is 94.6 Å². The van der Waals surface area contributed by atoms with Gasteiger partial charge < -0.3 is 0 Å². The quantitative estimate of drug-likeness (QED) is 0.592. The Hall–Kier alpha value is -4.24. The number of hydrogen-bond acceptors (Lipinski definition) is 2. The van der Waals surface area contributed by atoms with E-state index in [4.69, 9.17) is 12.8 Å². The molecule has 0 N–H and O–H groups in total. The first-order valence-corrected chi connectivity index (χ1v) is 7.75. The molecular formula is C24H12N2. The van der Waals surface area contributed by atoms with Gasteiger partial charge >= 0.3 is 0 Å². The third-order valence-corrected chi connectivity index (χ3v) is 3.50. The summed E-state index contributed by atoms with van der Waals surface area (Å²) < 4.78 is 0. The standard InChI is InChI=1S/C24H12N2/c1-3-21-12-14-25-17-23(21)10-8-19-6-5-7-20(16-19)9-11-24-18-26-15-13-22(24)4-2/h1-2,5-7,12-18H. The lowest BCUT2D eigenvalue weighted by molar-refractivity contribution is 1.30. The maximum Gasteiger partial charge on any atom is 0.0588 e. The number of terminal acetylenes is 2. The van der Waals surface area contributed by atoms with Crippen LogP contribution in [0.1, 0.15) is 33.4 Å². The third kappa shape index (κ3) is 3.99. The summed E-state index contributed by atoms with van der Waals surface area (Å²) in [6, 6.07) is 11.2. The highest BCUT2D eigenvalue weighted by atomic mass is 14.6. The highest BCUT2D eigenvalue weighted by Crippen LogP contribution is 2.07. The van der Waals surface area contributed by atoms with Gasteiger partial charge in [0.05, 0.1) is 11.1 Å². The fourth-order valence-electron chi connectivity index (χ4n) is 2.19. The normalized spacial score (nSPS) is 8.85. The lowest BCUT2D eigenvalue weighted by atomic mass is 10.1. The monoisotopic (exact) mass is 328 g/mol. The second kappa shape index (κ2) is 8.04. The van der Waals surface area contributed by atoms with Crippen LogP contribution in [0.4, 0.5) is 0 Å². The molecule has 3 aromatic rings. The average molecular weight is 328 g/mol. The molecule has 0 saturated heterocycles. The summed E-state index contributed by atoms with van der Waals surface area (Å²) in [7, 11) is 0. The second-order valence-electron chi connectivity index (χ2n) is 5.21. The molecule has 0 saturated carbocycles. The molecule has 0 amide bonds. The Morgan fingerprint density at radius 3 is 1.58 bits per heavy atom. The average Bonchev–Trinajstić information content (AvgIpc) is 2.71. The zero-order chi connectivity index (χ0) is 18.2. The number of rotatable bonds is 0. The minimum atomic E-state index is 0.723. The van der Waals surface area contributed by atoms with Crippen LogP contribution in [0, 0.1) is 48.4 Å². The van der Waals surface area contributed by atoms with E-state index in [1.54, 1.807) is 36.9 Å². The van der Waals surface area contributed by atoms with Gasteiger partial charge in [-0.15, -0.1) is 12.8 Å². The van der Waals surface area contributed by atoms with Crippen LogP contribution in [0.25, 0.3) is 0 Å². The summed E-state index contributed by atoms with van der Waals surface area (Å²) >= 11 is 0. The first kappa shape index (κ1) is 16.6. The Kier molecular flexibility index (Phi) is 5.13. The predicted molar refractivity (Wildman–Crippen MR) is 103 cm³/mol. The van der Waals surface area contributed by atoms with Crippen LogP contribution in [-0.2, 0) is 0 Å². The molecule has 0 fully saturated rings. The van der Waals surface area contributed by atoms with Crippen molar-refractivity contribution >= 4 is 0 Å². The van der Waals surface area contributed by atoms with Gasteiger partial charge in [-0.3, -0.25) is 9.97 Å². The van der Waals surface area contributed by atoms with Crippen molar-refractivity contribution in [1.29, 1.82) is 0 Å². The molecular weight excluding hydrogens is 316 g/mol. The molecule has 0 bridgehead atoms. The largest absolute Gasteiger partial charge is 0.263 e. The highest BCUT2D eigenvalue weighted by molar-refractivity contribution is 5.54. The van der Waals surface area contributed by atoms with Crippen LogP contribution >= 0.6 is 0 Å². The summed E-state index contributed by atoms with van der Waals surface area (Å²) in [6.07, 6.45) is 17.6. The number of nitrogens with zero attached hydrogens (tertiary/aromatic N) is 2. The van der Waals surface area contributed by atoms with Gasteiger partial charge in [0.1, 0.15) is 0 Å². The molecule has 0 atom stereocenters. The van der Waals surface area contributed by atoms with Gasteiger partial charge in [-0.1, -0.05) is 41.6 Å². The molecule has 2 aromatic heterocycles. The van der Waals surface area contributed by atoms with Crippen molar-refractivity contribution in [2.24, 2.45) is 0 Å². The van der Waals surface area contributed by atoms with E-state index in [-0.39, 0.29) is 0 Å². The van der Waals surface area contributed by atoms with Crippen molar-refractivity contribution in [2.45, 2.75) is 0 Å². The fourth-order valence-corrected chi connectivity index (χ4v) is 2.19. The smallest absolute Gasteiger partial charge is 0.0588 e. The van der Waals surface area contributed by atoms with E-state index >= 15 is 0 Å². The van der Waals surface area contributed by atoms with Gasteiger partial charge in [-0.05, 0) is 30.3 Å². The summed E-state index contributed by atoms with van der Waals surface area (Å²) in [6.45, 7) is 0. The van der Waals surface area contributed by atoms with Crippen LogP contribution < -0.4 is 0 Å². The van der Waals surface area contributed by atoms with Crippen LogP contribution in [0.5, 0.6) is 0 Å². The van der Waals surface area contributed by atoms with Crippen LogP contribution in [0.3, 0.4) is 0 Å². The van der Waals surface area contributed by atoms with E-state index in [1.807, 2.05) is 24.3 Å². The lowest BCUT2D eigenvalue weighted by Crippen LogP contribution is -1.86. The van der Waals surface area contributed by atoms with Crippen molar-refractivity contribution in [3.63, 3.8) is 0 Å². The summed E-state index contributed by atoms with van der Waals surface area (Å²) in [5, 5.41) is 0. The van der Waals surface area contributed by atoms with E-state index in [9.17, 15) is 0 Å². The number of benzene rings is 1. The molecule has 0 radical (unpaired) electrons. The first-order valence-electron chi connectivity index (χ1n) is 7.75. The van der Waals surface area contributed by atoms with Gasteiger partial charge in [0.15, 0.2) is 0 Å². The SMILES string of the molecule is C#Cc1ccncc1C#Cc1cccc(C#Cc2cnccc2C#C)c1. The molecule has 0 unspecified atom stereocenters. The molecule has 3 rings (SSSR count). The third-order valence-electron chi connectivity index (χ3n) is 3.50. The van der Waals surface area contributed by atoms with Gasteiger partial charge in [0.2, 0.25) is 0 Å². The molecule has 118 valence electrons. The molecule has 0 spiro atoms. The van der Waals surface area contributed by atoms with Crippen molar-refractivity contribution < 1.29 is 0 Å². The van der Waals surface area contributed by atoms with Gasteiger partial charge in [-0.25, -0.2) is 0 Å². The zero-order valence-electron chi connectivity index (χ0n) is 13.8. The Morgan fingerprint density at radius 1 is 0.615 bits per heavy atom. The van der Waals surface area contributed by atoms with Gasteiger partial charge in [-0.2, -0.15) is 0 Å². The summed E-state index contributed by atoms with van der Waals surface area (Å²) in [4.78, 5) is 8.12. The van der Waals surface area contributed by atoms with Crippen molar-refractivity contribution in [3.8, 4) is 48.4 Å². The molecule has 0 aliphatic carbocycles. The predicted octanol–water partition coefficient (Wildman–Crippen LogP) is 3.24. The first-order chi connectivity index (χ1) is 12.8. The number of hydrogen-bond donors (Lipinski definition) is 0. The zero-order valence-corrected chi connectivity index (χ0v) is 13.8. The number of aromatic nitrogens is 2. The topological polar surface area (TPSA) is 25.8 Å². The van der Waals surface area contributed by atoms with E-state index in [2.05, 4.69) is 45.5 Å².